The number of carbonyl (C=O) groups excluding carboxylic acids is 1. The van der Waals surface area contributed by atoms with E-state index in [1.54, 1.807) is 50.6 Å². The van der Waals surface area contributed by atoms with Crippen LogP contribution in [0.2, 0.25) is 5.02 Å². The zero-order valence-electron chi connectivity index (χ0n) is 19.5. The van der Waals surface area contributed by atoms with E-state index in [9.17, 15) is 9.18 Å². The van der Waals surface area contributed by atoms with Crippen LogP contribution in [0.3, 0.4) is 0 Å². The maximum absolute atomic E-state index is 14.5. The lowest BCUT2D eigenvalue weighted by Crippen LogP contribution is -2.47. The Balaban J connectivity index is 1.70. The molecule has 178 valence electrons. The molecule has 0 saturated heterocycles. The van der Waals surface area contributed by atoms with Crippen LogP contribution in [0.1, 0.15) is 40.0 Å². The van der Waals surface area contributed by atoms with Gasteiger partial charge < -0.3 is 14.8 Å². The van der Waals surface area contributed by atoms with E-state index >= 15 is 0 Å². The molecule has 1 amide bonds. The van der Waals surface area contributed by atoms with E-state index in [2.05, 4.69) is 10.2 Å². The molecule has 2 unspecified atom stereocenters. The average molecular weight is 483 g/mol. The Morgan fingerprint density at radius 3 is 2.56 bits per heavy atom. The highest BCUT2D eigenvalue weighted by Crippen LogP contribution is 2.40. The summed E-state index contributed by atoms with van der Waals surface area (Å²) in [6, 6.07) is 17.1. The van der Waals surface area contributed by atoms with Crippen LogP contribution in [-0.4, -0.2) is 37.6 Å². The zero-order valence-corrected chi connectivity index (χ0v) is 20.2. The van der Waals surface area contributed by atoms with Gasteiger partial charge in [-0.3, -0.25) is 9.69 Å². The lowest BCUT2D eigenvalue weighted by Gasteiger charge is -2.41. The quantitative estimate of drug-likeness (QED) is 0.489. The maximum atomic E-state index is 14.5. The van der Waals surface area contributed by atoms with Gasteiger partial charge in [0.1, 0.15) is 5.82 Å². The van der Waals surface area contributed by atoms with Gasteiger partial charge >= 0.3 is 0 Å². The van der Waals surface area contributed by atoms with E-state index in [0.717, 1.165) is 17.5 Å². The van der Waals surface area contributed by atoms with Crippen molar-refractivity contribution in [3.8, 4) is 11.5 Å². The number of halogens is 2. The fourth-order valence-corrected chi connectivity index (χ4v) is 4.83. The highest BCUT2D eigenvalue weighted by Gasteiger charge is 2.34. The molecule has 0 bridgehead atoms. The average Bonchev–Trinajstić information content (AvgIpc) is 2.84. The second kappa shape index (κ2) is 10.5. The third-order valence-corrected chi connectivity index (χ3v) is 6.51. The SMILES string of the molecule is COc1cc2c(cc1OC)C(C(C)NC(=O)c1cccc(Cl)c1)N(Cc1ccccc1F)CC2. The topological polar surface area (TPSA) is 50.8 Å². The number of fused-ring (bicyclic) bond motifs is 1. The van der Waals surface area contributed by atoms with Crippen LogP contribution in [0, 0.1) is 5.82 Å². The molecule has 0 radical (unpaired) electrons. The molecule has 1 heterocycles. The van der Waals surface area contributed by atoms with E-state index in [1.165, 1.54) is 6.07 Å². The van der Waals surface area contributed by atoms with E-state index in [-0.39, 0.29) is 23.8 Å². The first-order valence-electron chi connectivity index (χ1n) is 11.2. The molecular weight excluding hydrogens is 455 g/mol. The number of methoxy groups -OCH3 is 2. The second-order valence-corrected chi connectivity index (χ2v) is 8.87. The highest BCUT2D eigenvalue weighted by atomic mass is 35.5. The number of hydrogen-bond acceptors (Lipinski definition) is 4. The second-order valence-electron chi connectivity index (χ2n) is 8.44. The lowest BCUT2D eigenvalue weighted by molar-refractivity contribution is 0.0875. The van der Waals surface area contributed by atoms with Crippen molar-refractivity contribution < 1.29 is 18.7 Å². The van der Waals surface area contributed by atoms with Gasteiger partial charge in [0.2, 0.25) is 0 Å². The number of benzene rings is 3. The van der Waals surface area contributed by atoms with Gasteiger partial charge in [0.05, 0.1) is 20.3 Å². The first-order chi connectivity index (χ1) is 16.4. The van der Waals surface area contributed by atoms with E-state index in [0.29, 0.717) is 40.7 Å². The Bertz CT molecular complexity index is 1190. The molecule has 1 N–H and O–H groups in total. The largest absolute Gasteiger partial charge is 0.493 e. The van der Waals surface area contributed by atoms with E-state index < -0.39 is 0 Å². The number of nitrogens with zero attached hydrogens (tertiary/aromatic N) is 1. The molecular formula is C27H28ClFN2O3. The zero-order chi connectivity index (χ0) is 24.2. The van der Waals surface area contributed by atoms with Crippen molar-refractivity contribution in [3.63, 3.8) is 0 Å². The third-order valence-electron chi connectivity index (χ3n) is 6.28. The lowest BCUT2D eigenvalue weighted by atomic mass is 9.87. The number of ether oxygens (including phenoxy) is 2. The molecule has 0 fully saturated rings. The van der Waals surface area contributed by atoms with E-state index in [1.807, 2.05) is 25.1 Å². The molecule has 34 heavy (non-hydrogen) atoms. The van der Waals surface area contributed by atoms with Crippen LogP contribution in [-0.2, 0) is 13.0 Å². The van der Waals surface area contributed by atoms with Crippen molar-refractivity contribution in [3.05, 3.63) is 93.8 Å². The summed E-state index contributed by atoms with van der Waals surface area (Å²) < 4.78 is 25.6. The molecule has 5 nitrogen and oxygen atoms in total. The van der Waals surface area contributed by atoms with Gasteiger partial charge in [-0.1, -0.05) is 35.9 Å². The van der Waals surface area contributed by atoms with Gasteiger partial charge in [-0.15, -0.1) is 0 Å². The molecule has 0 spiro atoms. The van der Waals surface area contributed by atoms with Crippen molar-refractivity contribution in [2.24, 2.45) is 0 Å². The summed E-state index contributed by atoms with van der Waals surface area (Å²) in [5.74, 6) is 0.828. The smallest absolute Gasteiger partial charge is 0.251 e. The summed E-state index contributed by atoms with van der Waals surface area (Å²) in [6.07, 6.45) is 0.773. The Morgan fingerprint density at radius 1 is 1.12 bits per heavy atom. The molecule has 7 heteroatoms. The molecule has 2 atom stereocenters. The molecule has 1 aliphatic rings. The van der Waals surface area contributed by atoms with Crippen LogP contribution in [0.4, 0.5) is 4.39 Å². The molecule has 3 aromatic carbocycles. The Morgan fingerprint density at radius 2 is 1.85 bits per heavy atom. The van der Waals surface area contributed by atoms with Crippen molar-refractivity contribution >= 4 is 17.5 Å². The van der Waals surface area contributed by atoms with E-state index in [4.69, 9.17) is 21.1 Å². The summed E-state index contributed by atoms with van der Waals surface area (Å²) in [5, 5.41) is 3.63. The molecule has 0 aliphatic carbocycles. The number of carbonyl (C=O) groups is 1. The number of nitrogens with one attached hydrogen (secondary N) is 1. The summed E-state index contributed by atoms with van der Waals surface area (Å²) >= 11 is 6.08. The fourth-order valence-electron chi connectivity index (χ4n) is 4.64. The Labute approximate surface area is 204 Å². The van der Waals surface area contributed by atoms with Gasteiger partial charge in [0.15, 0.2) is 11.5 Å². The predicted octanol–water partition coefficient (Wildman–Crippen LogP) is 5.41. The van der Waals surface area contributed by atoms with Crippen LogP contribution < -0.4 is 14.8 Å². The first kappa shape index (κ1) is 24.0. The number of hydrogen-bond donors (Lipinski definition) is 1. The van der Waals surface area contributed by atoms with Gasteiger partial charge in [0.25, 0.3) is 5.91 Å². The fraction of sp³-hybridized carbons (Fsp3) is 0.296. The van der Waals surface area contributed by atoms with Gasteiger partial charge in [-0.2, -0.15) is 0 Å². The van der Waals surface area contributed by atoms with Crippen LogP contribution in [0.15, 0.2) is 60.7 Å². The van der Waals surface area contributed by atoms with Gasteiger partial charge in [-0.25, -0.2) is 4.39 Å². The highest BCUT2D eigenvalue weighted by molar-refractivity contribution is 6.30. The Kier molecular flexibility index (Phi) is 7.39. The van der Waals surface area contributed by atoms with Gasteiger partial charge in [-0.05, 0) is 60.9 Å². The van der Waals surface area contributed by atoms with Crippen LogP contribution >= 0.6 is 11.6 Å². The van der Waals surface area contributed by atoms with Crippen molar-refractivity contribution in [1.29, 1.82) is 0 Å². The van der Waals surface area contributed by atoms with Crippen LogP contribution in [0.25, 0.3) is 0 Å². The summed E-state index contributed by atoms with van der Waals surface area (Å²) in [5.41, 5.74) is 3.25. The van der Waals surface area contributed by atoms with Crippen molar-refractivity contribution in [2.75, 3.05) is 20.8 Å². The molecule has 4 rings (SSSR count). The molecule has 0 saturated carbocycles. The number of amides is 1. The van der Waals surface area contributed by atoms with Gasteiger partial charge in [0, 0.05) is 35.3 Å². The number of rotatable bonds is 7. The summed E-state index contributed by atoms with van der Waals surface area (Å²) in [7, 11) is 3.21. The Hall–Kier alpha value is -3.09. The van der Waals surface area contributed by atoms with Crippen LogP contribution in [0.5, 0.6) is 11.5 Å². The predicted molar refractivity (Wildman–Crippen MR) is 131 cm³/mol. The minimum atomic E-state index is -0.282. The molecule has 3 aromatic rings. The van der Waals surface area contributed by atoms with Crippen molar-refractivity contribution in [1.82, 2.24) is 10.2 Å². The first-order valence-corrected chi connectivity index (χ1v) is 11.6. The molecule has 1 aliphatic heterocycles. The molecule has 0 aromatic heterocycles. The standard InChI is InChI=1S/C27H28ClFN2O3/c1-17(30-27(32)19-8-6-9-21(28)13-19)26-22-15-25(34-3)24(33-2)14-18(22)11-12-31(26)16-20-7-4-5-10-23(20)29/h4-10,13-15,17,26H,11-12,16H2,1-3H3,(H,30,32). The monoisotopic (exact) mass is 482 g/mol. The summed E-state index contributed by atoms with van der Waals surface area (Å²) in [6.45, 7) is 3.09. The normalized spacial score (nSPS) is 16.4. The van der Waals surface area contributed by atoms with Crippen molar-refractivity contribution in [2.45, 2.75) is 32.0 Å². The minimum absolute atomic E-state index is 0.203. The minimum Gasteiger partial charge on any atom is -0.493 e. The third kappa shape index (κ3) is 5.03. The maximum Gasteiger partial charge on any atom is 0.251 e. The summed E-state index contributed by atoms with van der Waals surface area (Å²) in [4.78, 5) is 15.2.